The van der Waals surface area contributed by atoms with Gasteiger partial charge in [-0.2, -0.15) is 0 Å². The molecule has 2 rings (SSSR count). The van der Waals surface area contributed by atoms with Crippen molar-refractivity contribution in [2.75, 3.05) is 24.7 Å². The van der Waals surface area contributed by atoms with Gasteiger partial charge in [-0.1, -0.05) is 38.6 Å². The summed E-state index contributed by atoms with van der Waals surface area (Å²) in [4.78, 5) is 49.9. The van der Waals surface area contributed by atoms with Crippen LogP contribution in [0.1, 0.15) is 36.7 Å². The molecular weight excluding hydrogens is 380 g/mol. The second-order valence-electron chi connectivity index (χ2n) is 7.43. The third kappa shape index (κ3) is 5.22. The number of ether oxygens (including phenoxy) is 1. The first-order valence-corrected chi connectivity index (χ1v) is 9.69. The predicted octanol–water partition coefficient (Wildman–Crippen LogP) is 2.75. The van der Waals surface area contributed by atoms with Gasteiger partial charge in [0.05, 0.1) is 23.5 Å². The summed E-state index contributed by atoms with van der Waals surface area (Å²) in [5, 5.41) is 3.19. The zero-order valence-corrected chi connectivity index (χ0v) is 17.4. The number of hydrogen-bond acceptors (Lipinski definition) is 6. The maximum absolute atomic E-state index is 12.5. The summed E-state index contributed by atoms with van der Waals surface area (Å²) in [6.45, 7) is 6.96. The van der Waals surface area contributed by atoms with Crippen molar-refractivity contribution in [3.63, 3.8) is 0 Å². The number of esters is 1. The maximum atomic E-state index is 12.5. The molecular formula is C20H24N2O5S. The van der Waals surface area contributed by atoms with E-state index in [-0.39, 0.29) is 24.0 Å². The Morgan fingerprint density at radius 2 is 1.96 bits per heavy atom. The van der Waals surface area contributed by atoms with Gasteiger partial charge in [0.1, 0.15) is 6.54 Å². The number of amides is 2. The molecule has 0 aromatic heterocycles. The SMILES string of the molecule is COC(=O)c1ccc(C)c(NC(=O)CN2C(=O)CS/C2=C\C(=O)C(C)(C)C)c1. The predicted molar refractivity (Wildman–Crippen MR) is 108 cm³/mol. The van der Waals surface area contributed by atoms with Crippen LogP contribution in [0.15, 0.2) is 29.3 Å². The average Bonchev–Trinajstić information content (AvgIpc) is 2.95. The lowest BCUT2D eigenvalue weighted by Crippen LogP contribution is -2.34. The van der Waals surface area contributed by atoms with Crippen molar-refractivity contribution in [1.29, 1.82) is 0 Å². The maximum Gasteiger partial charge on any atom is 0.337 e. The van der Waals surface area contributed by atoms with Crippen LogP contribution < -0.4 is 5.32 Å². The van der Waals surface area contributed by atoms with Crippen molar-refractivity contribution < 1.29 is 23.9 Å². The number of rotatable bonds is 5. The number of ketones is 1. The van der Waals surface area contributed by atoms with E-state index in [9.17, 15) is 19.2 Å². The van der Waals surface area contributed by atoms with Gasteiger partial charge in [-0.15, -0.1) is 0 Å². The van der Waals surface area contributed by atoms with Gasteiger partial charge in [0.25, 0.3) is 0 Å². The minimum absolute atomic E-state index is 0.114. The number of anilines is 1. The van der Waals surface area contributed by atoms with E-state index in [2.05, 4.69) is 10.1 Å². The molecule has 0 aliphatic carbocycles. The zero-order valence-electron chi connectivity index (χ0n) is 16.6. The van der Waals surface area contributed by atoms with Gasteiger partial charge in [0.15, 0.2) is 5.78 Å². The van der Waals surface area contributed by atoms with Gasteiger partial charge < -0.3 is 10.1 Å². The molecule has 150 valence electrons. The van der Waals surface area contributed by atoms with Crippen LogP contribution in [0.2, 0.25) is 0 Å². The number of aryl methyl sites for hydroxylation is 1. The van der Waals surface area contributed by atoms with Gasteiger partial charge in [-0.3, -0.25) is 19.3 Å². The Balaban J connectivity index is 2.15. The number of nitrogens with one attached hydrogen (secondary N) is 1. The van der Waals surface area contributed by atoms with E-state index in [0.717, 1.165) is 5.56 Å². The molecule has 1 aromatic rings. The molecule has 8 heteroatoms. The number of methoxy groups -OCH3 is 1. The van der Waals surface area contributed by atoms with Gasteiger partial charge >= 0.3 is 5.97 Å². The van der Waals surface area contributed by atoms with Crippen molar-refractivity contribution in [2.45, 2.75) is 27.7 Å². The quantitative estimate of drug-likeness (QED) is 0.599. The summed E-state index contributed by atoms with van der Waals surface area (Å²) < 4.78 is 4.69. The molecule has 1 heterocycles. The largest absolute Gasteiger partial charge is 0.465 e. The van der Waals surface area contributed by atoms with E-state index in [1.807, 2.05) is 0 Å². The number of hydrogen-bond donors (Lipinski definition) is 1. The van der Waals surface area contributed by atoms with Crippen LogP contribution in [0, 0.1) is 12.3 Å². The third-order valence-electron chi connectivity index (χ3n) is 4.14. The number of thioether (sulfide) groups is 1. The fraction of sp³-hybridized carbons (Fsp3) is 0.400. The average molecular weight is 404 g/mol. The summed E-state index contributed by atoms with van der Waals surface area (Å²) in [5.74, 6) is -1.08. The van der Waals surface area contributed by atoms with Crippen molar-refractivity contribution in [2.24, 2.45) is 5.41 Å². The van der Waals surface area contributed by atoms with Crippen molar-refractivity contribution in [3.8, 4) is 0 Å². The van der Waals surface area contributed by atoms with Crippen molar-refractivity contribution >= 4 is 41.0 Å². The Morgan fingerprint density at radius 1 is 1.29 bits per heavy atom. The minimum Gasteiger partial charge on any atom is -0.465 e. The molecule has 7 nitrogen and oxygen atoms in total. The molecule has 1 N–H and O–H groups in total. The number of benzene rings is 1. The smallest absolute Gasteiger partial charge is 0.337 e. The van der Waals surface area contributed by atoms with Crippen LogP contribution in [-0.4, -0.2) is 47.9 Å². The Labute approximate surface area is 168 Å². The highest BCUT2D eigenvalue weighted by Gasteiger charge is 2.31. The number of allylic oxidation sites excluding steroid dienone is 1. The van der Waals surface area contributed by atoms with Gasteiger partial charge in [-0.05, 0) is 24.6 Å². The molecule has 0 spiro atoms. The topological polar surface area (TPSA) is 92.8 Å². The molecule has 0 atom stereocenters. The normalized spacial score (nSPS) is 15.7. The molecule has 1 fully saturated rings. The molecule has 0 unspecified atom stereocenters. The lowest BCUT2D eigenvalue weighted by Gasteiger charge is -2.19. The number of carbonyl (C=O) groups is 4. The fourth-order valence-corrected chi connectivity index (χ4v) is 3.30. The molecule has 1 aliphatic rings. The molecule has 1 aliphatic heterocycles. The summed E-state index contributed by atoms with van der Waals surface area (Å²) in [6.07, 6.45) is 1.42. The first-order valence-electron chi connectivity index (χ1n) is 8.71. The summed E-state index contributed by atoms with van der Waals surface area (Å²) >= 11 is 1.24. The highest BCUT2D eigenvalue weighted by atomic mass is 32.2. The van der Waals surface area contributed by atoms with Crippen LogP contribution in [0.4, 0.5) is 5.69 Å². The molecule has 0 radical (unpaired) electrons. The summed E-state index contributed by atoms with van der Waals surface area (Å²) in [5.41, 5.74) is 0.969. The molecule has 28 heavy (non-hydrogen) atoms. The standard InChI is InChI=1S/C20H24N2O5S/c1-12-6-7-13(19(26)27-5)8-14(12)21-16(24)10-22-17(25)11-28-18(22)9-15(23)20(2,3)4/h6-9H,10-11H2,1-5H3,(H,21,24)/b18-9-. The lowest BCUT2D eigenvalue weighted by molar-refractivity contribution is -0.129. The molecule has 1 aromatic carbocycles. The van der Waals surface area contributed by atoms with Crippen LogP contribution in [0.5, 0.6) is 0 Å². The van der Waals surface area contributed by atoms with Crippen LogP contribution >= 0.6 is 11.8 Å². The van der Waals surface area contributed by atoms with Crippen molar-refractivity contribution in [3.05, 3.63) is 40.4 Å². The van der Waals surface area contributed by atoms with Gasteiger partial charge in [0, 0.05) is 17.2 Å². The Morgan fingerprint density at radius 3 is 2.57 bits per heavy atom. The first kappa shape index (κ1) is 21.7. The molecule has 1 saturated heterocycles. The number of nitrogens with zero attached hydrogens (tertiary/aromatic N) is 1. The molecule has 2 amide bonds. The monoisotopic (exact) mass is 404 g/mol. The second-order valence-corrected chi connectivity index (χ2v) is 8.43. The third-order valence-corrected chi connectivity index (χ3v) is 5.16. The summed E-state index contributed by atoms with van der Waals surface area (Å²) in [6, 6.07) is 4.84. The van der Waals surface area contributed by atoms with Crippen molar-refractivity contribution in [1.82, 2.24) is 4.90 Å². The van der Waals surface area contributed by atoms with E-state index in [0.29, 0.717) is 16.3 Å². The Bertz CT molecular complexity index is 855. The van der Waals surface area contributed by atoms with E-state index < -0.39 is 17.3 Å². The highest BCUT2D eigenvalue weighted by molar-refractivity contribution is 8.04. The zero-order chi connectivity index (χ0) is 21.1. The highest BCUT2D eigenvalue weighted by Crippen LogP contribution is 2.30. The second kappa shape index (κ2) is 8.60. The van der Waals surface area contributed by atoms with E-state index in [4.69, 9.17) is 0 Å². The Hall–Kier alpha value is -2.61. The molecule has 0 saturated carbocycles. The van der Waals surface area contributed by atoms with Gasteiger partial charge in [-0.25, -0.2) is 4.79 Å². The van der Waals surface area contributed by atoms with Crippen LogP contribution in [-0.2, 0) is 19.1 Å². The Kier molecular flexibility index (Phi) is 6.66. The number of carbonyl (C=O) groups excluding carboxylic acids is 4. The first-order chi connectivity index (χ1) is 13.0. The summed E-state index contributed by atoms with van der Waals surface area (Å²) in [7, 11) is 1.28. The van der Waals surface area contributed by atoms with E-state index in [1.54, 1.807) is 39.8 Å². The minimum atomic E-state index is -0.571. The van der Waals surface area contributed by atoms with Crippen LogP contribution in [0.3, 0.4) is 0 Å². The van der Waals surface area contributed by atoms with E-state index >= 15 is 0 Å². The fourth-order valence-electron chi connectivity index (χ4n) is 2.36. The van der Waals surface area contributed by atoms with Gasteiger partial charge in [0.2, 0.25) is 11.8 Å². The van der Waals surface area contributed by atoms with E-state index in [1.165, 1.54) is 35.9 Å². The lowest BCUT2D eigenvalue weighted by atomic mass is 9.91. The van der Waals surface area contributed by atoms with Crippen LogP contribution in [0.25, 0.3) is 0 Å². The molecule has 0 bridgehead atoms.